The predicted octanol–water partition coefficient (Wildman–Crippen LogP) is 3.77. The standard InChI is InChI=1S/C17H13NO/c1-2-4-14-10(3-1)9-13-11-6-8-16-17(19-16)12(11)5-7-15(13)18-14/h1-5,7,9,16-17H,6,8H2. The summed E-state index contributed by atoms with van der Waals surface area (Å²) in [5, 5.41) is 2.53. The first-order chi connectivity index (χ1) is 9.40. The van der Waals surface area contributed by atoms with Gasteiger partial charge in [-0.1, -0.05) is 24.3 Å². The average Bonchev–Trinajstić information content (AvgIpc) is 3.24. The topological polar surface area (TPSA) is 25.4 Å². The van der Waals surface area contributed by atoms with Crippen molar-refractivity contribution in [2.45, 2.75) is 25.0 Å². The van der Waals surface area contributed by atoms with E-state index >= 15 is 0 Å². The number of aromatic nitrogens is 1. The molecular weight excluding hydrogens is 234 g/mol. The summed E-state index contributed by atoms with van der Waals surface area (Å²) in [6, 6.07) is 15.0. The van der Waals surface area contributed by atoms with Crippen LogP contribution in [0.1, 0.15) is 23.7 Å². The van der Waals surface area contributed by atoms with E-state index in [0.29, 0.717) is 12.2 Å². The van der Waals surface area contributed by atoms with Crippen LogP contribution in [-0.2, 0) is 11.2 Å². The molecule has 2 unspecified atom stereocenters. The van der Waals surface area contributed by atoms with Gasteiger partial charge in [-0.15, -0.1) is 0 Å². The first kappa shape index (κ1) is 9.93. The van der Waals surface area contributed by atoms with E-state index in [1.54, 1.807) is 0 Å². The molecule has 0 amide bonds. The quantitative estimate of drug-likeness (QED) is 0.446. The Bertz CT molecular complexity index is 824. The highest BCUT2D eigenvalue weighted by molar-refractivity contribution is 5.95. The lowest BCUT2D eigenvalue weighted by molar-refractivity contribution is 0.373. The highest BCUT2D eigenvalue weighted by Crippen LogP contribution is 2.48. The second-order valence-corrected chi connectivity index (χ2v) is 5.51. The lowest BCUT2D eigenvalue weighted by Crippen LogP contribution is -2.05. The van der Waals surface area contributed by atoms with Crippen molar-refractivity contribution >= 4 is 21.8 Å². The number of nitrogens with zero attached hydrogens (tertiary/aromatic N) is 1. The van der Waals surface area contributed by atoms with Crippen LogP contribution < -0.4 is 0 Å². The number of ether oxygens (including phenoxy) is 1. The molecule has 0 N–H and O–H groups in total. The number of para-hydroxylation sites is 1. The molecule has 2 heteroatoms. The van der Waals surface area contributed by atoms with Gasteiger partial charge in [0.15, 0.2) is 0 Å². The molecule has 2 atom stereocenters. The van der Waals surface area contributed by atoms with E-state index in [4.69, 9.17) is 9.72 Å². The van der Waals surface area contributed by atoms with Crippen molar-refractivity contribution in [1.29, 1.82) is 0 Å². The van der Waals surface area contributed by atoms with Gasteiger partial charge in [0.25, 0.3) is 0 Å². The van der Waals surface area contributed by atoms with E-state index in [1.807, 2.05) is 6.07 Å². The average molecular weight is 247 g/mol. The van der Waals surface area contributed by atoms with Gasteiger partial charge in [-0.3, -0.25) is 0 Å². The summed E-state index contributed by atoms with van der Waals surface area (Å²) < 4.78 is 5.72. The van der Waals surface area contributed by atoms with Crippen LogP contribution in [0.4, 0.5) is 0 Å². The zero-order valence-corrected chi connectivity index (χ0v) is 10.5. The van der Waals surface area contributed by atoms with Crippen molar-refractivity contribution in [3.63, 3.8) is 0 Å². The second kappa shape index (κ2) is 3.34. The summed E-state index contributed by atoms with van der Waals surface area (Å²) in [5.41, 5.74) is 5.03. The van der Waals surface area contributed by atoms with Gasteiger partial charge in [0.1, 0.15) is 6.10 Å². The molecule has 5 rings (SSSR count). The van der Waals surface area contributed by atoms with Crippen molar-refractivity contribution in [1.82, 2.24) is 4.98 Å². The molecule has 1 saturated heterocycles. The largest absolute Gasteiger partial charge is 0.364 e. The van der Waals surface area contributed by atoms with E-state index in [0.717, 1.165) is 23.9 Å². The number of fused-ring (bicyclic) bond motifs is 6. The van der Waals surface area contributed by atoms with Crippen molar-refractivity contribution < 1.29 is 4.74 Å². The van der Waals surface area contributed by atoms with Crippen molar-refractivity contribution in [2.24, 2.45) is 0 Å². The van der Waals surface area contributed by atoms with Crippen LogP contribution in [0.2, 0.25) is 0 Å². The Kier molecular flexibility index (Phi) is 1.74. The molecule has 2 heterocycles. The lowest BCUT2D eigenvalue weighted by atomic mass is 9.88. The van der Waals surface area contributed by atoms with Gasteiger partial charge >= 0.3 is 0 Å². The van der Waals surface area contributed by atoms with Crippen LogP contribution in [0.15, 0.2) is 42.5 Å². The molecule has 92 valence electrons. The third kappa shape index (κ3) is 1.32. The van der Waals surface area contributed by atoms with E-state index in [2.05, 4.69) is 36.4 Å². The summed E-state index contributed by atoms with van der Waals surface area (Å²) in [6.45, 7) is 0. The highest BCUT2D eigenvalue weighted by Gasteiger charge is 2.44. The Morgan fingerprint density at radius 1 is 1.05 bits per heavy atom. The minimum absolute atomic E-state index is 0.361. The van der Waals surface area contributed by atoms with E-state index in [1.165, 1.54) is 21.9 Å². The van der Waals surface area contributed by atoms with Gasteiger partial charge in [0, 0.05) is 10.8 Å². The molecule has 0 radical (unpaired) electrons. The van der Waals surface area contributed by atoms with Gasteiger partial charge in [0.05, 0.1) is 17.1 Å². The van der Waals surface area contributed by atoms with Gasteiger partial charge < -0.3 is 4.74 Å². The highest BCUT2D eigenvalue weighted by atomic mass is 16.6. The molecule has 0 bridgehead atoms. The number of aryl methyl sites for hydroxylation is 1. The normalized spacial score (nSPS) is 24.2. The third-order valence-electron chi connectivity index (χ3n) is 4.42. The Morgan fingerprint density at radius 2 is 2.00 bits per heavy atom. The number of benzene rings is 2. The Balaban J connectivity index is 1.89. The zero-order valence-electron chi connectivity index (χ0n) is 10.5. The molecule has 19 heavy (non-hydrogen) atoms. The van der Waals surface area contributed by atoms with E-state index in [9.17, 15) is 0 Å². The zero-order chi connectivity index (χ0) is 12.4. The number of hydrogen-bond acceptors (Lipinski definition) is 2. The molecule has 1 aliphatic carbocycles. The van der Waals surface area contributed by atoms with Crippen LogP contribution in [0.25, 0.3) is 21.8 Å². The molecule has 1 fully saturated rings. The molecule has 0 spiro atoms. The summed E-state index contributed by atoms with van der Waals surface area (Å²) in [7, 11) is 0. The molecule has 2 nitrogen and oxygen atoms in total. The molecule has 2 aliphatic rings. The summed E-state index contributed by atoms with van der Waals surface area (Å²) in [4.78, 5) is 4.78. The molecule has 3 aromatic rings. The minimum Gasteiger partial charge on any atom is -0.364 e. The fourth-order valence-corrected chi connectivity index (χ4v) is 3.39. The minimum atomic E-state index is 0.361. The Morgan fingerprint density at radius 3 is 3.00 bits per heavy atom. The maximum Gasteiger partial charge on any atom is 0.109 e. The number of pyridine rings is 1. The van der Waals surface area contributed by atoms with Crippen molar-refractivity contribution in [3.8, 4) is 0 Å². The van der Waals surface area contributed by atoms with Gasteiger partial charge in [-0.25, -0.2) is 4.98 Å². The predicted molar refractivity (Wildman–Crippen MR) is 75.2 cm³/mol. The number of hydrogen-bond donors (Lipinski definition) is 0. The Labute approximate surface area is 111 Å². The SMILES string of the molecule is c1ccc2nc3ccc4c(c3cc2c1)CCC1OC41. The maximum absolute atomic E-state index is 5.72. The van der Waals surface area contributed by atoms with Gasteiger partial charge in [-0.2, -0.15) is 0 Å². The van der Waals surface area contributed by atoms with E-state index < -0.39 is 0 Å². The van der Waals surface area contributed by atoms with Gasteiger partial charge in [0.2, 0.25) is 0 Å². The van der Waals surface area contributed by atoms with Crippen LogP contribution >= 0.6 is 0 Å². The molecular formula is C17H13NO. The maximum atomic E-state index is 5.72. The first-order valence-electron chi connectivity index (χ1n) is 6.87. The molecule has 1 aliphatic heterocycles. The van der Waals surface area contributed by atoms with Crippen LogP contribution in [0, 0.1) is 0 Å². The number of rotatable bonds is 0. The molecule has 2 aromatic carbocycles. The fourth-order valence-electron chi connectivity index (χ4n) is 3.39. The number of epoxide rings is 1. The lowest BCUT2D eigenvalue weighted by Gasteiger charge is -2.15. The van der Waals surface area contributed by atoms with Crippen molar-refractivity contribution in [2.75, 3.05) is 0 Å². The van der Waals surface area contributed by atoms with Crippen LogP contribution in [-0.4, -0.2) is 11.1 Å². The smallest absolute Gasteiger partial charge is 0.109 e. The van der Waals surface area contributed by atoms with Crippen molar-refractivity contribution in [3.05, 3.63) is 53.6 Å². The third-order valence-corrected chi connectivity index (χ3v) is 4.42. The Hall–Kier alpha value is -1.93. The monoisotopic (exact) mass is 247 g/mol. The van der Waals surface area contributed by atoms with E-state index in [-0.39, 0.29) is 0 Å². The first-order valence-corrected chi connectivity index (χ1v) is 6.87. The fraction of sp³-hybridized carbons (Fsp3) is 0.235. The van der Waals surface area contributed by atoms with Gasteiger partial charge in [-0.05, 0) is 42.2 Å². The molecule has 1 aromatic heterocycles. The summed E-state index contributed by atoms with van der Waals surface area (Å²) in [5.74, 6) is 0. The summed E-state index contributed by atoms with van der Waals surface area (Å²) in [6.07, 6.45) is 3.12. The van der Waals surface area contributed by atoms with Crippen LogP contribution in [0.5, 0.6) is 0 Å². The van der Waals surface area contributed by atoms with Crippen LogP contribution in [0.3, 0.4) is 0 Å². The second-order valence-electron chi connectivity index (χ2n) is 5.51. The summed E-state index contributed by atoms with van der Waals surface area (Å²) >= 11 is 0. The molecule has 0 saturated carbocycles.